The van der Waals surface area contributed by atoms with Crippen LogP contribution in [0.5, 0.6) is 0 Å². The Morgan fingerprint density at radius 1 is 1.11 bits per heavy atom. The largest absolute Gasteiger partial charge is 0.360 e. The summed E-state index contributed by atoms with van der Waals surface area (Å²) in [5, 5.41) is 7.66. The Labute approximate surface area is 122 Å². The molecule has 0 spiro atoms. The van der Waals surface area contributed by atoms with Crippen LogP contribution in [0, 0.1) is 0 Å². The van der Waals surface area contributed by atoms with Gasteiger partial charge in [-0.15, -0.1) is 0 Å². The molecule has 104 valence electrons. The van der Waals surface area contributed by atoms with Crippen molar-refractivity contribution in [3.63, 3.8) is 0 Å². The highest BCUT2D eigenvalue weighted by Gasteiger charge is 2.14. The van der Waals surface area contributed by atoms with Crippen LogP contribution in [0.1, 0.15) is 57.1 Å². The third-order valence-electron chi connectivity index (χ3n) is 3.84. The summed E-state index contributed by atoms with van der Waals surface area (Å²) in [5.41, 5.74) is 1.27. The molecule has 0 radical (unpaired) electrons. The second kappa shape index (κ2) is 7.49. The molecule has 1 saturated carbocycles. The Morgan fingerprint density at radius 3 is 2.37 bits per heavy atom. The van der Waals surface area contributed by atoms with E-state index in [0.717, 1.165) is 5.11 Å². The first-order valence-electron chi connectivity index (χ1n) is 7.37. The van der Waals surface area contributed by atoms with Crippen molar-refractivity contribution in [1.82, 2.24) is 10.6 Å². The third-order valence-corrected chi connectivity index (χ3v) is 4.07. The maximum Gasteiger partial charge on any atom is 0.166 e. The first kappa shape index (κ1) is 14.3. The molecule has 2 rings (SSSR count). The van der Waals surface area contributed by atoms with Gasteiger partial charge in [0.05, 0.1) is 6.04 Å². The average molecular weight is 276 g/mol. The smallest absolute Gasteiger partial charge is 0.166 e. The molecule has 1 aromatic rings. The molecule has 1 atom stereocenters. The van der Waals surface area contributed by atoms with Gasteiger partial charge in [0, 0.05) is 6.04 Å². The van der Waals surface area contributed by atoms with Crippen LogP contribution in [-0.2, 0) is 0 Å². The van der Waals surface area contributed by atoms with Gasteiger partial charge in [0.1, 0.15) is 0 Å². The zero-order valence-electron chi connectivity index (χ0n) is 11.7. The highest BCUT2D eigenvalue weighted by atomic mass is 32.1. The summed E-state index contributed by atoms with van der Waals surface area (Å²) in [6.07, 6.45) is 7.91. The molecule has 0 aromatic heterocycles. The fourth-order valence-corrected chi connectivity index (χ4v) is 3.02. The normalized spacial score (nSPS) is 18.4. The quantitative estimate of drug-likeness (QED) is 0.646. The van der Waals surface area contributed by atoms with Crippen molar-refractivity contribution < 1.29 is 0 Å². The standard InChI is InChI=1S/C16H24N2S/c1-13(14-9-5-4-6-10-14)17-16(19)18-15-11-7-2-3-8-12-15/h4-6,9-10,13,15H,2-3,7-8,11-12H2,1H3,(H2,17,18,19)/t13-/m1/s1. The molecule has 0 saturated heterocycles. The summed E-state index contributed by atoms with van der Waals surface area (Å²) in [5.74, 6) is 0. The van der Waals surface area contributed by atoms with Crippen LogP contribution < -0.4 is 10.6 Å². The van der Waals surface area contributed by atoms with Gasteiger partial charge < -0.3 is 10.6 Å². The monoisotopic (exact) mass is 276 g/mol. The van der Waals surface area contributed by atoms with Crippen LogP contribution in [0.3, 0.4) is 0 Å². The maximum atomic E-state index is 5.43. The summed E-state index contributed by atoms with van der Waals surface area (Å²) >= 11 is 5.43. The molecule has 0 bridgehead atoms. The number of thiocarbonyl (C=S) groups is 1. The van der Waals surface area contributed by atoms with Gasteiger partial charge in [-0.1, -0.05) is 56.0 Å². The molecular weight excluding hydrogens is 252 g/mol. The first-order valence-corrected chi connectivity index (χ1v) is 7.78. The lowest BCUT2D eigenvalue weighted by molar-refractivity contribution is 0.524. The highest BCUT2D eigenvalue weighted by molar-refractivity contribution is 7.80. The minimum absolute atomic E-state index is 0.256. The molecule has 1 aliphatic rings. The molecule has 0 unspecified atom stereocenters. The van der Waals surface area contributed by atoms with Gasteiger partial charge >= 0.3 is 0 Å². The molecule has 3 heteroatoms. The number of rotatable bonds is 3. The predicted octanol–water partition coefficient (Wildman–Crippen LogP) is 3.93. The minimum Gasteiger partial charge on any atom is -0.360 e. The second-order valence-electron chi connectivity index (χ2n) is 5.44. The van der Waals surface area contributed by atoms with Crippen LogP contribution in [0.2, 0.25) is 0 Å². The predicted molar refractivity (Wildman–Crippen MR) is 85.2 cm³/mol. The van der Waals surface area contributed by atoms with Crippen molar-refractivity contribution in [2.45, 2.75) is 57.5 Å². The van der Waals surface area contributed by atoms with Gasteiger partial charge in [-0.25, -0.2) is 0 Å². The first-order chi connectivity index (χ1) is 9.25. The van der Waals surface area contributed by atoms with Crippen molar-refractivity contribution in [3.8, 4) is 0 Å². The van der Waals surface area contributed by atoms with Gasteiger partial charge in [0.2, 0.25) is 0 Å². The lowest BCUT2D eigenvalue weighted by Gasteiger charge is -2.22. The van der Waals surface area contributed by atoms with Crippen molar-refractivity contribution in [3.05, 3.63) is 35.9 Å². The summed E-state index contributed by atoms with van der Waals surface area (Å²) in [7, 11) is 0. The Hall–Kier alpha value is -1.09. The highest BCUT2D eigenvalue weighted by Crippen LogP contribution is 2.17. The summed E-state index contributed by atoms with van der Waals surface area (Å²) in [6, 6.07) is 11.2. The van der Waals surface area contributed by atoms with E-state index in [1.807, 2.05) is 6.07 Å². The molecule has 0 heterocycles. The molecule has 1 aromatic carbocycles. The van der Waals surface area contributed by atoms with Gasteiger partial charge in [-0.2, -0.15) is 0 Å². The lowest BCUT2D eigenvalue weighted by atomic mass is 10.1. The van der Waals surface area contributed by atoms with E-state index >= 15 is 0 Å². The zero-order valence-corrected chi connectivity index (χ0v) is 12.5. The van der Waals surface area contributed by atoms with Crippen LogP contribution >= 0.6 is 12.2 Å². The fourth-order valence-electron chi connectivity index (χ4n) is 2.67. The average Bonchev–Trinajstić information content (AvgIpc) is 2.68. The molecule has 19 heavy (non-hydrogen) atoms. The number of benzene rings is 1. The zero-order chi connectivity index (χ0) is 13.5. The second-order valence-corrected chi connectivity index (χ2v) is 5.85. The molecule has 0 aliphatic heterocycles. The minimum atomic E-state index is 0.256. The molecule has 1 fully saturated rings. The van der Waals surface area contributed by atoms with Crippen LogP contribution in [0.25, 0.3) is 0 Å². The van der Waals surface area contributed by atoms with E-state index in [9.17, 15) is 0 Å². The number of hydrogen-bond acceptors (Lipinski definition) is 1. The van der Waals surface area contributed by atoms with Gasteiger partial charge in [0.15, 0.2) is 5.11 Å². The van der Waals surface area contributed by atoms with Crippen LogP contribution in [-0.4, -0.2) is 11.2 Å². The van der Waals surface area contributed by atoms with E-state index in [2.05, 4.69) is 41.8 Å². The summed E-state index contributed by atoms with van der Waals surface area (Å²) < 4.78 is 0. The van der Waals surface area contributed by atoms with E-state index in [1.54, 1.807) is 0 Å². The Kier molecular flexibility index (Phi) is 5.64. The SMILES string of the molecule is C[C@@H](NC(=S)NC1CCCCCC1)c1ccccc1. The van der Waals surface area contributed by atoms with Crippen molar-refractivity contribution in [2.75, 3.05) is 0 Å². The molecule has 2 N–H and O–H groups in total. The summed E-state index contributed by atoms with van der Waals surface area (Å²) in [4.78, 5) is 0. The van der Waals surface area contributed by atoms with E-state index in [-0.39, 0.29) is 6.04 Å². The lowest BCUT2D eigenvalue weighted by Crippen LogP contribution is -2.42. The number of hydrogen-bond donors (Lipinski definition) is 2. The fraction of sp³-hybridized carbons (Fsp3) is 0.562. The van der Waals surface area contributed by atoms with Gasteiger partial charge in [-0.3, -0.25) is 0 Å². The molecule has 2 nitrogen and oxygen atoms in total. The van der Waals surface area contributed by atoms with E-state index in [0.29, 0.717) is 6.04 Å². The molecule has 1 aliphatic carbocycles. The van der Waals surface area contributed by atoms with Gasteiger partial charge in [-0.05, 0) is 37.5 Å². The molecular formula is C16H24N2S. The van der Waals surface area contributed by atoms with Crippen LogP contribution in [0.15, 0.2) is 30.3 Å². The molecule has 0 amide bonds. The number of nitrogens with one attached hydrogen (secondary N) is 2. The van der Waals surface area contributed by atoms with Gasteiger partial charge in [0.25, 0.3) is 0 Å². The third kappa shape index (κ3) is 4.83. The Bertz CT molecular complexity index is 383. The summed E-state index contributed by atoms with van der Waals surface area (Å²) in [6.45, 7) is 2.15. The van der Waals surface area contributed by atoms with E-state index < -0.39 is 0 Å². The maximum absolute atomic E-state index is 5.43. The van der Waals surface area contributed by atoms with E-state index in [1.165, 1.54) is 44.1 Å². The Morgan fingerprint density at radius 2 is 1.74 bits per heavy atom. The van der Waals surface area contributed by atoms with Crippen LogP contribution in [0.4, 0.5) is 0 Å². The van der Waals surface area contributed by atoms with Crippen molar-refractivity contribution >= 4 is 17.3 Å². The Balaban J connectivity index is 1.80. The van der Waals surface area contributed by atoms with Crippen molar-refractivity contribution in [2.24, 2.45) is 0 Å². The van der Waals surface area contributed by atoms with Crippen molar-refractivity contribution in [1.29, 1.82) is 0 Å². The van der Waals surface area contributed by atoms with E-state index in [4.69, 9.17) is 12.2 Å². The topological polar surface area (TPSA) is 24.1 Å².